The molecule has 4 heteroatoms. The second-order valence-corrected chi connectivity index (χ2v) is 5.64. The molecule has 1 heterocycles. The third kappa shape index (κ3) is 4.11. The largest absolute Gasteiger partial charge is 0.440 e. The minimum absolute atomic E-state index is 0.00730. The van der Waals surface area contributed by atoms with Gasteiger partial charge in [0, 0.05) is 11.8 Å². The topological polar surface area (TPSA) is 52.0 Å². The van der Waals surface area contributed by atoms with E-state index in [1.165, 1.54) is 12.0 Å². The number of hydrogen-bond donors (Lipinski definition) is 1. The van der Waals surface area contributed by atoms with E-state index in [2.05, 4.69) is 36.2 Å². The highest BCUT2D eigenvalue weighted by Gasteiger charge is 2.09. The van der Waals surface area contributed by atoms with Crippen LogP contribution in [0.3, 0.4) is 0 Å². The lowest BCUT2D eigenvalue weighted by Gasteiger charge is -2.11. The molecule has 0 aliphatic carbocycles. The first-order valence-electron chi connectivity index (χ1n) is 6.58. The van der Waals surface area contributed by atoms with Crippen LogP contribution in [0.1, 0.15) is 36.2 Å². The van der Waals surface area contributed by atoms with Crippen LogP contribution >= 0.6 is 11.8 Å². The van der Waals surface area contributed by atoms with E-state index in [0.29, 0.717) is 5.22 Å². The molecule has 0 fully saturated rings. The van der Waals surface area contributed by atoms with Gasteiger partial charge >= 0.3 is 0 Å². The van der Waals surface area contributed by atoms with Crippen LogP contribution in [0, 0.1) is 6.92 Å². The van der Waals surface area contributed by atoms with Crippen molar-refractivity contribution in [2.45, 2.75) is 38.0 Å². The van der Waals surface area contributed by atoms with Crippen molar-refractivity contribution in [3.8, 4) is 0 Å². The standard InChI is InChI=1S/C15H20N2OS/c1-3-4-12-5-7-13(8-6-12)14(16)10-19-15-17-11(2)9-18-15/h5-9,14H,3-4,10,16H2,1-2H3. The molecular weight excluding hydrogens is 256 g/mol. The minimum atomic E-state index is 0.00730. The number of benzene rings is 1. The van der Waals surface area contributed by atoms with Crippen molar-refractivity contribution in [2.75, 3.05) is 5.75 Å². The Bertz CT molecular complexity index is 507. The highest BCUT2D eigenvalue weighted by atomic mass is 32.2. The first-order chi connectivity index (χ1) is 9.19. The smallest absolute Gasteiger partial charge is 0.255 e. The van der Waals surface area contributed by atoms with Crippen molar-refractivity contribution in [1.29, 1.82) is 0 Å². The van der Waals surface area contributed by atoms with Gasteiger partial charge in [-0.05, 0) is 24.5 Å². The molecule has 0 bridgehead atoms. The predicted molar refractivity (Wildman–Crippen MR) is 79.3 cm³/mol. The zero-order valence-corrected chi connectivity index (χ0v) is 12.2. The molecule has 0 aliphatic rings. The maximum absolute atomic E-state index is 6.18. The van der Waals surface area contributed by atoms with Crippen molar-refractivity contribution in [2.24, 2.45) is 5.73 Å². The summed E-state index contributed by atoms with van der Waals surface area (Å²) in [7, 11) is 0. The van der Waals surface area contributed by atoms with Crippen LogP contribution in [-0.4, -0.2) is 10.7 Å². The molecule has 2 rings (SSSR count). The second-order valence-electron chi connectivity index (χ2n) is 4.66. The molecule has 0 spiro atoms. The Morgan fingerprint density at radius 3 is 2.63 bits per heavy atom. The average Bonchev–Trinajstić information content (AvgIpc) is 2.83. The van der Waals surface area contributed by atoms with E-state index in [-0.39, 0.29) is 6.04 Å². The molecule has 1 atom stereocenters. The Kier molecular flexibility index (Phi) is 5.05. The normalized spacial score (nSPS) is 12.6. The fraction of sp³-hybridized carbons (Fsp3) is 0.400. The monoisotopic (exact) mass is 276 g/mol. The number of nitrogens with zero attached hydrogens (tertiary/aromatic N) is 1. The molecule has 0 radical (unpaired) electrons. The van der Waals surface area contributed by atoms with E-state index in [1.807, 2.05) is 6.92 Å². The van der Waals surface area contributed by atoms with Gasteiger partial charge in [0.2, 0.25) is 0 Å². The van der Waals surface area contributed by atoms with Gasteiger partial charge in [0.1, 0.15) is 6.26 Å². The number of hydrogen-bond acceptors (Lipinski definition) is 4. The van der Waals surface area contributed by atoms with Gasteiger partial charge in [0.15, 0.2) is 0 Å². The molecule has 102 valence electrons. The maximum Gasteiger partial charge on any atom is 0.255 e. The highest BCUT2D eigenvalue weighted by molar-refractivity contribution is 7.99. The van der Waals surface area contributed by atoms with Crippen LogP contribution in [0.2, 0.25) is 0 Å². The molecule has 1 aromatic carbocycles. The van der Waals surface area contributed by atoms with E-state index in [9.17, 15) is 0 Å². The first-order valence-corrected chi connectivity index (χ1v) is 7.57. The van der Waals surface area contributed by atoms with Crippen LogP contribution in [0.15, 0.2) is 40.2 Å². The Balaban J connectivity index is 1.90. The maximum atomic E-state index is 6.18. The fourth-order valence-corrected chi connectivity index (χ4v) is 2.72. The number of aromatic nitrogens is 1. The van der Waals surface area contributed by atoms with Crippen LogP contribution in [0.4, 0.5) is 0 Å². The number of nitrogens with two attached hydrogens (primary N) is 1. The molecule has 0 amide bonds. The summed E-state index contributed by atoms with van der Waals surface area (Å²) in [5.41, 5.74) is 9.62. The second kappa shape index (κ2) is 6.78. The molecular formula is C15H20N2OS. The third-order valence-electron chi connectivity index (χ3n) is 2.93. The van der Waals surface area contributed by atoms with Crippen molar-refractivity contribution in [3.05, 3.63) is 47.3 Å². The number of thioether (sulfide) groups is 1. The van der Waals surface area contributed by atoms with E-state index in [1.54, 1.807) is 18.0 Å². The molecule has 1 aromatic heterocycles. The predicted octanol–water partition coefficient (Wildman–Crippen LogP) is 3.73. The summed E-state index contributed by atoms with van der Waals surface area (Å²) in [6.07, 6.45) is 3.96. The Morgan fingerprint density at radius 1 is 1.32 bits per heavy atom. The van der Waals surface area contributed by atoms with Crippen LogP contribution < -0.4 is 5.73 Å². The van der Waals surface area contributed by atoms with Crippen molar-refractivity contribution in [1.82, 2.24) is 4.98 Å². The summed E-state index contributed by atoms with van der Waals surface area (Å²) < 4.78 is 5.30. The van der Waals surface area contributed by atoms with Crippen LogP contribution in [-0.2, 0) is 6.42 Å². The fourth-order valence-electron chi connectivity index (χ4n) is 1.88. The van der Waals surface area contributed by atoms with Gasteiger partial charge in [-0.1, -0.05) is 49.4 Å². The Labute approximate surface area is 118 Å². The average molecular weight is 276 g/mol. The van der Waals surface area contributed by atoms with Gasteiger partial charge in [-0.2, -0.15) is 0 Å². The molecule has 0 saturated carbocycles. The lowest BCUT2D eigenvalue weighted by Crippen LogP contribution is -2.12. The van der Waals surface area contributed by atoms with Gasteiger partial charge in [-0.3, -0.25) is 0 Å². The van der Waals surface area contributed by atoms with Gasteiger partial charge < -0.3 is 10.2 Å². The quantitative estimate of drug-likeness (QED) is 0.817. The SMILES string of the molecule is CCCc1ccc(C(N)CSc2nc(C)co2)cc1. The molecule has 2 aromatic rings. The number of oxazole rings is 1. The molecule has 2 N–H and O–H groups in total. The lowest BCUT2D eigenvalue weighted by atomic mass is 10.0. The molecule has 19 heavy (non-hydrogen) atoms. The van der Waals surface area contributed by atoms with Crippen molar-refractivity contribution >= 4 is 11.8 Å². The van der Waals surface area contributed by atoms with Gasteiger partial charge in [0.05, 0.1) is 5.69 Å². The lowest BCUT2D eigenvalue weighted by molar-refractivity contribution is 0.453. The molecule has 0 saturated heterocycles. The van der Waals surface area contributed by atoms with Crippen molar-refractivity contribution < 1.29 is 4.42 Å². The Morgan fingerprint density at radius 2 is 2.05 bits per heavy atom. The zero-order chi connectivity index (χ0) is 13.7. The van der Waals surface area contributed by atoms with Gasteiger partial charge in [0.25, 0.3) is 5.22 Å². The van der Waals surface area contributed by atoms with E-state index in [4.69, 9.17) is 10.2 Å². The molecule has 0 aliphatic heterocycles. The van der Waals surface area contributed by atoms with Crippen LogP contribution in [0.5, 0.6) is 0 Å². The first kappa shape index (κ1) is 14.2. The van der Waals surface area contributed by atoms with E-state index in [0.717, 1.165) is 23.4 Å². The minimum Gasteiger partial charge on any atom is -0.440 e. The van der Waals surface area contributed by atoms with Crippen molar-refractivity contribution in [3.63, 3.8) is 0 Å². The van der Waals surface area contributed by atoms with Gasteiger partial charge in [-0.15, -0.1) is 0 Å². The van der Waals surface area contributed by atoms with E-state index < -0.39 is 0 Å². The molecule has 1 unspecified atom stereocenters. The number of rotatable bonds is 6. The van der Waals surface area contributed by atoms with E-state index >= 15 is 0 Å². The summed E-state index contributed by atoms with van der Waals surface area (Å²) in [5, 5.41) is 0.690. The summed E-state index contributed by atoms with van der Waals surface area (Å²) >= 11 is 1.56. The Hall–Kier alpha value is -1.26. The highest BCUT2D eigenvalue weighted by Crippen LogP contribution is 2.23. The summed E-state index contributed by atoms with van der Waals surface area (Å²) in [6, 6.07) is 8.58. The molecule has 3 nitrogen and oxygen atoms in total. The van der Waals surface area contributed by atoms with Crippen LogP contribution in [0.25, 0.3) is 0 Å². The summed E-state index contributed by atoms with van der Waals surface area (Å²) in [5.74, 6) is 0.771. The van der Waals surface area contributed by atoms with Gasteiger partial charge in [-0.25, -0.2) is 4.98 Å². The third-order valence-corrected chi connectivity index (χ3v) is 3.89. The number of aryl methyl sites for hydroxylation is 2. The summed E-state index contributed by atoms with van der Waals surface area (Å²) in [6.45, 7) is 4.11. The zero-order valence-electron chi connectivity index (χ0n) is 11.4. The summed E-state index contributed by atoms with van der Waals surface area (Å²) in [4.78, 5) is 4.26.